The van der Waals surface area contributed by atoms with Gasteiger partial charge in [-0.2, -0.15) is 0 Å². The predicted octanol–water partition coefficient (Wildman–Crippen LogP) is 0.469. The van der Waals surface area contributed by atoms with Gasteiger partial charge in [0.05, 0.1) is 0 Å². The maximum Gasteiger partial charge on any atom is 0.492 e. The molecular formula is C5H5BrN4O4. The monoisotopic (exact) mass is 264 g/mol. The van der Waals surface area contributed by atoms with Crippen molar-refractivity contribution in [3.05, 3.63) is 14.8 Å². The molecule has 0 saturated heterocycles. The van der Waals surface area contributed by atoms with Crippen molar-refractivity contribution in [2.75, 3.05) is 0 Å². The van der Waals surface area contributed by atoms with E-state index in [1.165, 1.54) is 6.92 Å². The first kappa shape index (κ1) is 10.6. The molecule has 0 aromatic carbocycles. The zero-order valence-corrected chi connectivity index (χ0v) is 8.59. The highest BCUT2D eigenvalue weighted by Gasteiger charge is 2.19. The summed E-state index contributed by atoms with van der Waals surface area (Å²) in [4.78, 5) is 23.4. The van der Waals surface area contributed by atoms with E-state index in [-0.39, 0.29) is 11.5 Å². The molecule has 1 aromatic heterocycles. The topological polar surface area (TPSA) is 100 Å². The van der Waals surface area contributed by atoms with Gasteiger partial charge in [-0.1, -0.05) is 0 Å². The third kappa shape index (κ3) is 2.49. The van der Waals surface area contributed by atoms with Crippen LogP contribution in [-0.2, 0) is 16.3 Å². The summed E-state index contributed by atoms with van der Waals surface area (Å²) in [6.45, 7) is 1.01. The number of hydrogen-bond donors (Lipinski definition) is 0. The molecule has 0 N–H and O–H groups in total. The highest BCUT2D eigenvalue weighted by molar-refractivity contribution is 9.10. The van der Waals surface area contributed by atoms with E-state index in [0.717, 1.165) is 4.68 Å². The second-order valence-corrected chi connectivity index (χ2v) is 2.91. The van der Waals surface area contributed by atoms with Crippen molar-refractivity contribution in [3.8, 4) is 0 Å². The van der Waals surface area contributed by atoms with Gasteiger partial charge in [0.1, 0.15) is 0 Å². The molecule has 0 aliphatic heterocycles. The van der Waals surface area contributed by atoms with Gasteiger partial charge in [-0.05, 0) is 9.91 Å². The van der Waals surface area contributed by atoms with E-state index in [1.54, 1.807) is 0 Å². The van der Waals surface area contributed by atoms with Crippen LogP contribution >= 0.6 is 15.9 Å². The van der Waals surface area contributed by atoms with Crippen LogP contribution in [0.15, 0.2) is 4.73 Å². The number of ether oxygens (including phenoxy) is 1. The van der Waals surface area contributed by atoms with Gasteiger partial charge in [0.15, 0.2) is 0 Å². The van der Waals surface area contributed by atoms with Crippen LogP contribution in [0.3, 0.4) is 0 Å². The number of carbonyl (C=O) groups is 1. The fourth-order valence-electron chi connectivity index (χ4n) is 0.623. The van der Waals surface area contributed by atoms with Gasteiger partial charge >= 0.3 is 11.9 Å². The largest absolute Gasteiger partial charge is 0.492 e. The Morgan fingerprint density at radius 1 is 1.79 bits per heavy atom. The summed E-state index contributed by atoms with van der Waals surface area (Å²) in [5.41, 5.74) is 0. The van der Waals surface area contributed by atoms with Gasteiger partial charge < -0.3 is 14.9 Å². The van der Waals surface area contributed by atoms with E-state index in [0.29, 0.717) is 0 Å². The Morgan fingerprint density at radius 3 is 2.86 bits per heavy atom. The number of carbonyl (C=O) groups excluding carboxylic acids is 1. The van der Waals surface area contributed by atoms with Crippen LogP contribution in [0.25, 0.3) is 0 Å². The fourth-order valence-corrected chi connectivity index (χ4v) is 0.964. The van der Waals surface area contributed by atoms with Crippen molar-refractivity contribution in [2.24, 2.45) is 0 Å². The number of hydrogen-bond acceptors (Lipinski definition) is 6. The predicted molar refractivity (Wildman–Crippen MR) is 46.1 cm³/mol. The number of nitro groups is 1. The van der Waals surface area contributed by atoms with Gasteiger partial charge in [0.25, 0.3) is 4.73 Å². The average Bonchev–Trinajstić information content (AvgIpc) is 2.43. The summed E-state index contributed by atoms with van der Waals surface area (Å²) in [6, 6.07) is 0. The van der Waals surface area contributed by atoms with Gasteiger partial charge in [-0.25, -0.2) is 0 Å². The lowest BCUT2D eigenvalue weighted by Crippen LogP contribution is -2.08. The molecule has 0 aliphatic rings. The SMILES string of the molecule is CC(=O)OCn1nc([N+](=O)[O-])nc1Br. The number of nitrogens with zero attached hydrogens (tertiary/aromatic N) is 4. The van der Waals surface area contributed by atoms with Crippen LogP contribution in [-0.4, -0.2) is 25.7 Å². The van der Waals surface area contributed by atoms with Gasteiger partial charge in [0.2, 0.25) is 6.73 Å². The summed E-state index contributed by atoms with van der Waals surface area (Å²) in [7, 11) is 0. The zero-order valence-electron chi connectivity index (χ0n) is 7.01. The quantitative estimate of drug-likeness (QED) is 0.447. The molecule has 0 atom stereocenters. The van der Waals surface area contributed by atoms with Crippen molar-refractivity contribution >= 4 is 27.8 Å². The normalized spacial score (nSPS) is 9.86. The molecule has 14 heavy (non-hydrogen) atoms. The second-order valence-electron chi connectivity index (χ2n) is 2.20. The molecule has 0 spiro atoms. The molecule has 0 saturated carbocycles. The Bertz CT molecular complexity index is 376. The van der Waals surface area contributed by atoms with Gasteiger partial charge in [0, 0.05) is 28.0 Å². The van der Waals surface area contributed by atoms with E-state index in [1.807, 2.05) is 0 Å². The standard InChI is InChI=1S/C5H5BrN4O4/c1-3(11)14-2-9-4(6)7-5(8-9)10(12)13/h2H2,1H3. The van der Waals surface area contributed by atoms with Crippen LogP contribution in [0.1, 0.15) is 6.92 Å². The Hall–Kier alpha value is -1.51. The zero-order chi connectivity index (χ0) is 10.7. The maximum absolute atomic E-state index is 10.4. The molecule has 1 aromatic rings. The first-order valence-electron chi connectivity index (χ1n) is 3.39. The summed E-state index contributed by atoms with van der Waals surface area (Å²) in [5.74, 6) is -1.06. The molecule has 0 aliphatic carbocycles. The fraction of sp³-hybridized carbons (Fsp3) is 0.400. The molecule has 0 amide bonds. The second kappa shape index (κ2) is 4.13. The first-order chi connectivity index (χ1) is 6.50. The molecule has 8 nitrogen and oxygen atoms in total. The summed E-state index contributed by atoms with van der Waals surface area (Å²) in [5, 5.41) is 13.7. The van der Waals surface area contributed by atoms with Crippen LogP contribution in [0.4, 0.5) is 5.95 Å². The molecule has 0 fully saturated rings. The maximum atomic E-state index is 10.4. The van der Waals surface area contributed by atoms with Crippen LogP contribution < -0.4 is 0 Å². The molecule has 1 heterocycles. The lowest BCUT2D eigenvalue weighted by Gasteiger charge is -1.97. The smallest absolute Gasteiger partial charge is 0.441 e. The minimum Gasteiger partial charge on any atom is -0.441 e. The van der Waals surface area contributed by atoms with Crippen molar-refractivity contribution < 1.29 is 14.5 Å². The van der Waals surface area contributed by atoms with E-state index >= 15 is 0 Å². The van der Waals surface area contributed by atoms with E-state index in [2.05, 4.69) is 30.7 Å². The summed E-state index contributed by atoms with van der Waals surface area (Å²) >= 11 is 2.93. The number of aromatic nitrogens is 3. The Balaban J connectivity index is 2.77. The van der Waals surface area contributed by atoms with Gasteiger partial charge in [-0.15, -0.1) is 4.68 Å². The van der Waals surface area contributed by atoms with Crippen molar-refractivity contribution in [1.82, 2.24) is 14.8 Å². The highest BCUT2D eigenvalue weighted by Crippen LogP contribution is 2.11. The molecule has 0 bridgehead atoms. The molecule has 0 radical (unpaired) electrons. The minimum atomic E-state index is -0.741. The molecule has 9 heteroatoms. The van der Waals surface area contributed by atoms with E-state index < -0.39 is 16.8 Å². The lowest BCUT2D eigenvalue weighted by molar-refractivity contribution is -0.394. The number of esters is 1. The van der Waals surface area contributed by atoms with Gasteiger partial charge in [-0.3, -0.25) is 4.79 Å². The van der Waals surface area contributed by atoms with E-state index in [4.69, 9.17) is 0 Å². The molecule has 1 rings (SSSR count). The molecule has 76 valence electrons. The van der Waals surface area contributed by atoms with Crippen LogP contribution in [0, 0.1) is 10.1 Å². The Kier molecular flexibility index (Phi) is 3.12. The van der Waals surface area contributed by atoms with Crippen LogP contribution in [0.5, 0.6) is 0 Å². The third-order valence-electron chi connectivity index (χ3n) is 1.17. The highest BCUT2D eigenvalue weighted by atomic mass is 79.9. The summed E-state index contributed by atoms with van der Waals surface area (Å²) in [6.07, 6.45) is 0. The third-order valence-corrected chi connectivity index (χ3v) is 1.76. The van der Waals surface area contributed by atoms with Crippen molar-refractivity contribution in [3.63, 3.8) is 0 Å². The molecule has 0 unspecified atom stereocenters. The number of rotatable bonds is 3. The van der Waals surface area contributed by atoms with Crippen molar-refractivity contribution in [2.45, 2.75) is 13.7 Å². The summed E-state index contributed by atoms with van der Waals surface area (Å²) < 4.78 is 5.76. The Morgan fingerprint density at radius 2 is 2.43 bits per heavy atom. The average molecular weight is 265 g/mol. The van der Waals surface area contributed by atoms with Crippen molar-refractivity contribution in [1.29, 1.82) is 0 Å². The Labute approximate surface area is 86.1 Å². The minimum absolute atomic E-state index is 0.130. The van der Waals surface area contributed by atoms with Crippen LogP contribution in [0.2, 0.25) is 0 Å². The lowest BCUT2D eigenvalue weighted by atomic mass is 10.8. The molecular weight excluding hydrogens is 260 g/mol. The number of halogens is 1. The van der Waals surface area contributed by atoms with E-state index in [9.17, 15) is 14.9 Å². The first-order valence-corrected chi connectivity index (χ1v) is 4.18.